The van der Waals surface area contributed by atoms with Crippen LogP contribution in [0.5, 0.6) is 0 Å². The molecule has 2 amide bonds. The van der Waals surface area contributed by atoms with Crippen LogP contribution in [0, 0.1) is 6.92 Å². The van der Waals surface area contributed by atoms with Crippen molar-refractivity contribution in [3.05, 3.63) is 58.8 Å². The zero-order valence-corrected chi connectivity index (χ0v) is 15.6. The van der Waals surface area contributed by atoms with Crippen LogP contribution in [-0.4, -0.2) is 22.8 Å². The molecular weight excluding hydrogens is 362 g/mol. The zero-order valence-electron chi connectivity index (χ0n) is 14.8. The standard InChI is InChI=1S/C20H19N3O3S/c1-12-5-8-17(26-12)20-23-16(11-27-20)10-18(24)21-15-4-2-3-13(9-15)19(25)22-14-6-7-14/h2-5,8-9,11,14H,6-7,10H2,1H3,(H,21,24)(H,22,25). The molecule has 0 aliphatic heterocycles. The van der Waals surface area contributed by atoms with E-state index in [9.17, 15) is 9.59 Å². The number of furan rings is 1. The van der Waals surface area contributed by atoms with Gasteiger partial charge in [-0.05, 0) is 50.1 Å². The van der Waals surface area contributed by atoms with Gasteiger partial charge in [-0.15, -0.1) is 11.3 Å². The fraction of sp³-hybridized carbons (Fsp3) is 0.250. The lowest BCUT2D eigenvalue weighted by atomic mass is 10.2. The first-order valence-electron chi connectivity index (χ1n) is 8.79. The smallest absolute Gasteiger partial charge is 0.251 e. The second-order valence-corrected chi connectivity index (χ2v) is 7.47. The van der Waals surface area contributed by atoms with Crippen LogP contribution in [-0.2, 0) is 11.2 Å². The van der Waals surface area contributed by atoms with Crippen LogP contribution in [0.2, 0.25) is 0 Å². The molecule has 0 spiro atoms. The Morgan fingerprint density at radius 1 is 1.26 bits per heavy atom. The predicted octanol–water partition coefficient (Wildman–Crippen LogP) is 3.78. The summed E-state index contributed by atoms with van der Waals surface area (Å²) in [6.45, 7) is 1.88. The summed E-state index contributed by atoms with van der Waals surface area (Å²) in [5.74, 6) is 1.25. The third-order valence-corrected chi connectivity index (χ3v) is 5.07. The monoisotopic (exact) mass is 381 g/mol. The largest absolute Gasteiger partial charge is 0.459 e. The molecule has 0 saturated heterocycles. The Kier molecular flexibility index (Phi) is 4.77. The number of aryl methyl sites for hydroxylation is 1. The van der Waals surface area contributed by atoms with Crippen LogP contribution in [0.1, 0.15) is 34.7 Å². The summed E-state index contributed by atoms with van der Waals surface area (Å²) in [6.07, 6.45) is 2.24. The van der Waals surface area contributed by atoms with Crippen molar-refractivity contribution in [2.75, 3.05) is 5.32 Å². The number of nitrogens with zero attached hydrogens (tertiary/aromatic N) is 1. The molecule has 2 N–H and O–H groups in total. The maximum absolute atomic E-state index is 12.3. The molecule has 1 aliphatic rings. The van der Waals surface area contributed by atoms with E-state index in [-0.39, 0.29) is 18.2 Å². The topological polar surface area (TPSA) is 84.2 Å². The quantitative estimate of drug-likeness (QED) is 0.680. The molecule has 0 radical (unpaired) electrons. The van der Waals surface area contributed by atoms with E-state index in [1.807, 2.05) is 24.4 Å². The van der Waals surface area contributed by atoms with Crippen molar-refractivity contribution in [2.45, 2.75) is 32.2 Å². The van der Waals surface area contributed by atoms with Gasteiger partial charge in [-0.2, -0.15) is 0 Å². The van der Waals surface area contributed by atoms with E-state index in [1.54, 1.807) is 24.3 Å². The fourth-order valence-electron chi connectivity index (χ4n) is 2.66. The molecule has 2 heterocycles. The van der Waals surface area contributed by atoms with Gasteiger partial charge in [0.15, 0.2) is 10.8 Å². The van der Waals surface area contributed by atoms with E-state index in [1.165, 1.54) is 11.3 Å². The van der Waals surface area contributed by atoms with E-state index in [2.05, 4.69) is 15.6 Å². The molecule has 27 heavy (non-hydrogen) atoms. The number of anilines is 1. The minimum Gasteiger partial charge on any atom is -0.459 e. The van der Waals surface area contributed by atoms with Gasteiger partial charge in [0.2, 0.25) is 5.91 Å². The van der Waals surface area contributed by atoms with Crippen LogP contribution >= 0.6 is 11.3 Å². The molecule has 6 nitrogen and oxygen atoms in total. The summed E-state index contributed by atoms with van der Waals surface area (Å²) in [7, 11) is 0. The first kappa shape index (κ1) is 17.5. The normalized spacial score (nSPS) is 13.4. The third kappa shape index (κ3) is 4.43. The molecule has 2 aromatic heterocycles. The van der Waals surface area contributed by atoms with Crippen molar-refractivity contribution >= 4 is 28.8 Å². The molecule has 7 heteroatoms. The molecule has 138 valence electrons. The Morgan fingerprint density at radius 3 is 2.85 bits per heavy atom. The SMILES string of the molecule is Cc1ccc(-c2nc(CC(=O)Nc3cccc(C(=O)NC4CC4)c3)cs2)o1. The van der Waals surface area contributed by atoms with E-state index in [0.29, 0.717) is 28.7 Å². The van der Waals surface area contributed by atoms with E-state index in [0.717, 1.165) is 23.6 Å². The van der Waals surface area contributed by atoms with Gasteiger partial charge in [-0.3, -0.25) is 9.59 Å². The van der Waals surface area contributed by atoms with Crippen molar-refractivity contribution in [3.8, 4) is 10.8 Å². The summed E-state index contributed by atoms with van der Waals surface area (Å²) in [4.78, 5) is 28.9. The molecule has 1 fully saturated rings. The minimum absolute atomic E-state index is 0.105. The first-order valence-corrected chi connectivity index (χ1v) is 9.67. The lowest BCUT2D eigenvalue weighted by molar-refractivity contribution is -0.115. The van der Waals surface area contributed by atoms with E-state index < -0.39 is 0 Å². The van der Waals surface area contributed by atoms with Gasteiger partial charge in [0.05, 0.1) is 12.1 Å². The second kappa shape index (κ2) is 7.36. The summed E-state index contributed by atoms with van der Waals surface area (Å²) in [6, 6.07) is 11.0. The van der Waals surface area contributed by atoms with Crippen molar-refractivity contribution in [1.82, 2.24) is 10.3 Å². The molecule has 4 rings (SSSR count). The first-order chi connectivity index (χ1) is 13.1. The van der Waals surface area contributed by atoms with Crippen LogP contribution < -0.4 is 10.6 Å². The molecule has 0 atom stereocenters. The minimum atomic E-state index is -0.178. The van der Waals surface area contributed by atoms with Gasteiger partial charge in [-0.25, -0.2) is 4.98 Å². The highest BCUT2D eigenvalue weighted by molar-refractivity contribution is 7.13. The lowest BCUT2D eigenvalue weighted by Crippen LogP contribution is -2.25. The number of hydrogen-bond acceptors (Lipinski definition) is 5. The number of amides is 2. The van der Waals surface area contributed by atoms with Crippen molar-refractivity contribution < 1.29 is 14.0 Å². The average Bonchev–Trinajstić information content (AvgIpc) is 3.15. The summed E-state index contributed by atoms with van der Waals surface area (Å²) in [5.41, 5.74) is 1.83. The predicted molar refractivity (Wildman–Crippen MR) is 104 cm³/mol. The number of rotatable bonds is 6. The maximum Gasteiger partial charge on any atom is 0.251 e. The Bertz CT molecular complexity index is 988. The highest BCUT2D eigenvalue weighted by Crippen LogP contribution is 2.26. The summed E-state index contributed by atoms with van der Waals surface area (Å²) >= 11 is 1.44. The van der Waals surface area contributed by atoms with Crippen LogP contribution in [0.3, 0.4) is 0 Å². The number of hydrogen-bond donors (Lipinski definition) is 2. The molecule has 0 unspecified atom stereocenters. The Balaban J connectivity index is 1.38. The highest BCUT2D eigenvalue weighted by atomic mass is 32.1. The second-order valence-electron chi connectivity index (χ2n) is 6.61. The lowest BCUT2D eigenvalue weighted by Gasteiger charge is -2.07. The van der Waals surface area contributed by atoms with Crippen LogP contribution in [0.25, 0.3) is 10.8 Å². The van der Waals surface area contributed by atoms with Gasteiger partial charge < -0.3 is 15.1 Å². The average molecular weight is 381 g/mol. The number of nitrogens with one attached hydrogen (secondary N) is 2. The Labute approximate surface area is 160 Å². The molecule has 1 aliphatic carbocycles. The number of carbonyl (C=O) groups excluding carboxylic acids is 2. The van der Waals surface area contributed by atoms with Crippen molar-refractivity contribution in [1.29, 1.82) is 0 Å². The maximum atomic E-state index is 12.3. The van der Waals surface area contributed by atoms with Crippen LogP contribution in [0.4, 0.5) is 5.69 Å². The van der Waals surface area contributed by atoms with Gasteiger partial charge in [0.25, 0.3) is 5.91 Å². The molecule has 3 aromatic rings. The van der Waals surface area contributed by atoms with Crippen molar-refractivity contribution in [2.24, 2.45) is 0 Å². The Morgan fingerprint density at radius 2 is 2.11 bits per heavy atom. The third-order valence-electron chi connectivity index (χ3n) is 4.17. The summed E-state index contributed by atoms with van der Waals surface area (Å²) in [5, 5.41) is 8.38. The van der Waals surface area contributed by atoms with Crippen LogP contribution in [0.15, 0.2) is 46.2 Å². The van der Waals surface area contributed by atoms with Gasteiger partial charge in [-0.1, -0.05) is 6.07 Å². The number of benzene rings is 1. The number of thiazole rings is 1. The number of aromatic nitrogens is 1. The molecule has 1 aromatic carbocycles. The molecule has 1 saturated carbocycles. The molecular formula is C20H19N3O3S. The summed E-state index contributed by atoms with van der Waals surface area (Å²) < 4.78 is 5.56. The van der Waals surface area contributed by atoms with E-state index in [4.69, 9.17) is 4.42 Å². The van der Waals surface area contributed by atoms with Gasteiger partial charge in [0.1, 0.15) is 5.76 Å². The van der Waals surface area contributed by atoms with Crippen molar-refractivity contribution in [3.63, 3.8) is 0 Å². The molecule has 0 bridgehead atoms. The Hall–Kier alpha value is -2.93. The van der Waals surface area contributed by atoms with Gasteiger partial charge >= 0.3 is 0 Å². The zero-order chi connectivity index (χ0) is 18.8. The fourth-order valence-corrected chi connectivity index (χ4v) is 3.43. The number of carbonyl (C=O) groups is 2. The highest BCUT2D eigenvalue weighted by Gasteiger charge is 2.23. The van der Waals surface area contributed by atoms with Gasteiger partial charge in [0, 0.05) is 22.7 Å². The van der Waals surface area contributed by atoms with E-state index >= 15 is 0 Å².